The highest BCUT2D eigenvalue weighted by Crippen LogP contribution is 2.35. The van der Waals surface area contributed by atoms with Crippen LogP contribution in [0.3, 0.4) is 0 Å². The van der Waals surface area contributed by atoms with E-state index in [1.807, 2.05) is 0 Å². The highest BCUT2D eigenvalue weighted by Gasteiger charge is 2.29. The highest BCUT2D eigenvalue weighted by molar-refractivity contribution is 5.98. The molecule has 1 aliphatic heterocycles. The number of hydrogen-bond donors (Lipinski definition) is 1. The van der Waals surface area contributed by atoms with Crippen molar-refractivity contribution in [3.8, 4) is 5.75 Å². The Morgan fingerprint density at radius 3 is 2.80 bits per heavy atom. The van der Waals surface area contributed by atoms with Gasteiger partial charge in [0.05, 0.1) is 19.4 Å². The van der Waals surface area contributed by atoms with Crippen LogP contribution in [0.15, 0.2) is 12.1 Å². The van der Waals surface area contributed by atoms with E-state index < -0.39 is 12.1 Å². The van der Waals surface area contributed by atoms with E-state index in [4.69, 9.17) is 9.47 Å². The monoisotopic (exact) mass is 279 g/mol. The predicted molar refractivity (Wildman–Crippen MR) is 72.1 cm³/mol. The number of rotatable bonds is 2. The molecule has 108 valence electrons. The highest BCUT2D eigenvalue weighted by atomic mass is 16.6. The van der Waals surface area contributed by atoms with Gasteiger partial charge in [-0.05, 0) is 37.5 Å². The van der Waals surface area contributed by atoms with Gasteiger partial charge in [-0.1, -0.05) is 0 Å². The Morgan fingerprint density at radius 1 is 1.40 bits per heavy atom. The van der Waals surface area contributed by atoms with Crippen molar-refractivity contribution in [1.82, 2.24) is 0 Å². The Morgan fingerprint density at radius 2 is 2.15 bits per heavy atom. The van der Waals surface area contributed by atoms with Crippen molar-refractivity contribution in [1.29, 1.82) is 0 Å². The predicted octanol–water partition coefficient (Wildman–Crippen LogP) is 2.09. The molecule has 1 N–H and O–H groups in total. The van der Waals surface area contributed by atoms with Crippen LogP contribution < -0.4 is 4.90 Å². The summed E-state index contributed by atoms with van der Waals surface area (Å²) in [7, 11) is 1.26. The first-order chi connectivity index (χ1) is 9.60. The molecule has 0 aromatic heterocycles. The summed E-state index contributed by atoms with van der Waals surface area (Å²) in [5.74, 6) is -0.744. The van der Waals surface area contributed by atoms with Crippen LogP contribution in [-0.2, 0) is 15.9 Å². The number of nitrogens with zero attached hydrogens (tertiary/aromatic N) is 1. The number of anilines is 1. The zero-order valence-electron chi connectivity index (χ0n) is 11.5. The summed E-state index contributed by atoms with van der Waals surface area (Å²) in [6.45, 7) is 2.54. The molecule has 0 bridgehead atoms. The molecule has 0 aliphatic carbocycles. The van der Waals surface area contributed by atoms with Crippen LogP contribution in [0.5, 0.6) is 5.75 Å². The summed E-state index contributed by atoms with van der Waals surface area (Å²) < 4.78 is 9.70. The minimum atomic E-state index is -0.606. The van der Waals surface area contributed by atoms with Crippen LogP contribution in [-0.4, -0.2) is 37.4 Å². The number of ether oxygens (including phenoxy) is 2. The van der Waals surface area contributed by atoms with Gasteiger partial charge in [0.1, 0.15) is 11.3 Å². The Hall–Kier alpha value is -2.24. The van der Waals surface area contributed by atoms with E-state index in [1.165, 1.54) is 18.1 Å². The second kappa shape index (κ2) is 5.81. The maximum absolute atomic E-state index is 11.9. The molecule has 1 heterocycles. The molecule has 0 fully saturated rings. The lowest BCUT2D eigenvalue weighted by Gasteiger charge is -2.29. The fourth-order valence-electron chi connectivity index (χ4n) is 2.39. The first-order valence-electron chi connectivity index (χ1n) is 6.47. The van der Waals surface area contributed by atoms with Gasteiger partial charge in [0.2, 0.25) is 0 Å². The zero-order valence-corrected chi connectivity index (χ0v) is 11.5. The van der Waals surface area contributed by atoms with E-state index in [-0.39, 0.29) is 17.9 Å². The van der Waals surface area contributed by atoms with Gasteiger partial charge in [-0.2, -0.15) is 0 Å². The number of esters is 1. The normalized spacial score (nSPS) is 13.6. The summed E-state index contributed by atoms with van der Waals surface area (Å²) >= 11 is 0. The number of phenols is 1. The molecule has 0 saturated carbocycles. The van der Waals surface area contributed by atoms with E-state index in [0.717, 1.165) is 0 Å². The molecule has 20 heavy (non-hydrogen) atoms. The fraction of sp³-hybridized carbons (Fsp3) is 0.429. The molecule has 0 atom stereocenters. The lowest BCUT2D eigenvalue weighted by atomic mass is 9.95. The van der Waals surface area contributed by atoms with E-state index in [2.05, 4.69) is 0 Å². The second-order valence-electron chi connectivity index (χ2n) is 4.40. The lowest BCUT2D eigenvalue weighted by molar-refractivity contribution is 0.0595. The van der Waals surface area contributed by atoms with E-state index in [0.29, 0.717) is 30.6 Å². The van der Waals surface area contributed by atoms with Gasteiger partial charge in [-0.3, -0.25) is 4.90 Å². The molecule has 1 aromatic rings. The Kier molecular flexibility index (Phi) is 4.12. The SMILES string of the molecule is CCOC(=O)N1CCCc2c1ccc(O)c2C(=O)OC. The van der Waals surface area contributed by atoms with Crippen molar-refractivity contribution < 1.29 is 24.2 Å². The molecule has 0 unspecified atom stereocenters. The second-order valence-corrected chi connectivity index (χ2v) is 4.40. The number of aromatic hydroxyl groups is 1. The maximum Gasteiger partial charge on any atom is 0.414 e. The number of amides is 1. The average Bonchev–Trinajstić information content (AvgIpc) is 2.45. The minimum absolute atomic E-state index is 0.124. The quantitative estimate of drug-likeness (QED) is 0.839. The van der Waals surface area contributed by atoms with Crippen molar-refractivity contribution in [2.45, 2.75) is 19.8 Å². The van der Waals surface area contributed by atoms with Crippen molar-refractivity contribution in [2.75, 3.05) is 25.2 Å². The van der Waals surface area contributed by atoms with Gasteiger partial charge in [-0.25, -0.2) is 9.59 Å². The molecule has 2 rings (SSSR count). The molecule has 0 spiro atoms. The van der Waals surface area contributed by atoms with Gasteiger partial charge in [0.15, 0.2) is 0 Å². The van der Waals surface area contributed by atoms with Gasteiger partial charge < -0.3 is 14.6 Å². The number of fused-ring (bicyclic) bond motifs is 1. The molecule has 1 aliphatic rings. The molecule has 6 nitrogen and oxygen atoms in total. The smallest absolute Gasteiger partial charge is 0.414 e. The first kappa shape index (κ1) is 14.2. The third kappa shape index (κ3) is 2.41. The molecular weight excluding hydrogens is 262 g/mol. The van der Waals surface area contributed by atoms with E-state index >= 15 is 0 Å². The van der Waals surface area contributed by atoms with Gasteiger partial charge >= 0.3 is 12.1 Å². The van der Waals surface area contributed by atoms with Gasteiger partial charge in [0, 0.05) is 6.54 Å². The zero-order chi connectivity index (χ0) is 14.7. The molecular formula is C14H17NO5. The van der Waals surface area contributed by atoms with Crippen molar-refractivity contribution in [3.05, 3.63) is 23.3 Å². The fourth-order valence-corrected chi connectivity index (χ4v) is 2.39. The van der Waals surface area contributed by atoms with Gasteiger partial charge in [-0.15, -0.1) is 0 Å². The Bertz CT molecular complexity index is 541. The topological polar surface area (TPSA) is 76.1 Å². The molecule has 0 saturated heterocycles. The van der Waals surface area contributed by atoms with Crippen molar-refractivity contribution >= 4 is 17.7 Å². The average molecular weight is 279 g/mol. The molecule has 1 aromatic carbocycles. The van der Waals surface area contributed by atoms with Crippen LogP contribution in [0.2, 0.25) is 0 Å². The number of carbonyl (C=O) groups excluding carboxylic acids is 2. The van der Waals surface area contributed by atoms with Crippen LogP contribution in [0.4, 0.5) is 10.5 Å². The molecule has 0 radical (unpaired) electrons. The van der Waals surface area contributed by atoms with Gasteiger partial charge in [0.25, 0.3) is 0 Å². The minimum Gasteiger partial charge on any atom is -0.507 e. The first-order valence-corrected chi connectivity index (χ1v) is 6.47. The third-order valence-electron chi connectivity index (χ3n) is 3.24. The summed E-state index contributed by atoms with van der Waals surface area (Å²) in [6, 6.07) is 3.01. The number of carbonyl (C=O) groups is 2. The molecule has 1 amide bonds. The number of benzene rings is 1. The maximum atomic E-state index is 11.9. The van der Waals surface area contributed by atoms with E-state index in [9.17, 15) is 14.7 Å². The Labute approximate surface area is 116 Å². The largest absolute Gasteiger partial charge is 0.507 e. The third-order valence-corrected chi connectivity index (χ3v) is 3.24. The van der Waals surface area contributed by atoms with E-state index in [1.54, 1.807) is 13.0 Å². The van der Waals surface area contributed by atoms with Crippen LogP contribution in [0.25, 0.3) is 0 Å². The summed E-state index contributed by atoms with van der Waals surface area (Å²) in [5.41, 5.74) is 1.34. The molecule has 6 heteroatoms. The number of phenolic OH excluding ortho intramolecular Hbond substituents is 1. The van der Waals surface area contributed by atoms with Crippen molar-refractivity contribution in [2.24, 2.45) is 0 Å². The summed E-state index contributed by atoms with van der Waals surface area (Å²) in [4.78, 5) is 25.2. The standard InChI is InChI=1S/C14H17NO5/c1-3-20-14(18)15-8-4-5-9-10(15)6-7-11(16)12(9)13(17)19-2/h6-7,16H,3-5,8H2,1-2H3. The summed E-state index contributed by atoms with van der Waals surface area (Å²) in [5, 5.41) is 9.86. The Balaban J connectivity index is 2.48. The number of methoxy groups -OCH3 is 1. The summed E-state index contributed by atoms with van der Waals surface area (Å²) in [6.07, 6.45) is 0.846. The number of hydrogen-bond acceptors (Lipinski definition) is 5. The van der Waals surface area contributed by atoms with Crippen LogP contribution >= 0.6 is 0 Å². The lowest BCUT2D eigenvalue weighted by Crippen LogP contribution is -2.36. The van der Waals surface area contributed by atoms with Crippen LogP contribution in [0.1, 0.15) is 29.3 Å². The van der Waals surface area contributed by atoms with Crippen molar-refractivity contribution in [3.63, 3.8) is 0 Å². The van der Waals surface area contributed by atoms with Crippen LogP contribution in [0, 0.1) is 0 Å².